The van der Waals surface area contributed by atoms with E-state index in [1.165, 1.54) is 4.90 Å². The van der Waals surface area contributed by atoms with Gasteiger partial charge in [-0.25, -0.2) is 0 Å². The van der Waals surface area contributed by atoms with Gasteiger partial charge in [0.2, 0.25) is 0 Å². The molecule has 0 unspecified atom stereocenters. The van der Waals surface area contributed by atoms with Gasteiger partial charge < -0.3 is 10.0 Å². The molecule has 0 aliphatic heterocycles. The van der Waals surface area contributed by atoms with Gasteiger partial charge in [-0.05, 0) is 0 Å². The Labute approximate surface area is 39.4 Å². The van der Waals surface area contributed by atoms with E-state index in [9.17, 15) is 0 Å². The van der Waals surface area contributed by atoms with Crippen molar-refractivity contribution < 1.29 is 10.0 Å². The van der Waals surface area contributed by atoms with Crippen LogP contribution in [0.4, 0.5) is 0 Å². The van der Waals surface area contributed by atoms with E-state index >= 15 is 0 Å². The lowest BCUT2D eigenvalue weighted by Gasteiger charge is -1.88. The Morgan fingerprint density at radius 3 is 1.00 bits per heavy atom. The fourth-order valence-corrected chi connectivity index (χ4v) is 0. The fraction of sp³-hybridized carbons (Fsp3) is 1.00. The lowest BCUT2D eigenvalue weighted by Crippen LogP contribution is -3.02. The van der Waals surface area contributed by atoms with Gasteiger partial charge in [0.15, 0.2) is 0 Å². The van der Waals surface area contributed by atoms with Gasteiger partial charge in [-0.15, -0.1) is 0 Å². The zero-order chi connectivity index (χ0) is 5.58. The van der Waals surface area contributed by atoms with Gasteiger partial charge in [0, 0.05) is 0 Å². The molecule has 2 heteroatoms. The number of rotatable bonds is 0. The van der Waals surface area contributed by atoms with E-state index < -0.39 is 0 Å². The van der Waals surface area contributed by atoms with E-state index in [1.807, 2.05) is 0 Å². The van der Waals surface area contributed by atoms with Crippen molar-refractivity contribution >= 4 is 0 Å². The molecule has 0 aromatic carbocycles. The van der Waals surface area contributed by atoms with E-state index in [2.05, 4.69) is 21.1 Å². The monoisotopic (exact) mass is 91.1 g/mol. The Hall–Kier alpha value is -0.0800. The van der Waals surface area contributed by atoms with Crippen LogP contribution in [0.5, 0.6) is 0 Å². The summed E-state index contributed by atoms with van der Waals surface area (Å²) >= 11 is 0. The molecule has 0 spiro atoms. The summed E-state index contributed by atoms with van der Waals surface area (Å²) in [6.07, 6.45) is 0. The van der Waals surface area contributed by atoms with Crippen molar-refractivity contribution in [2.24, 2.45) is 0 Å². The Morgan fingerprint density at radius 2 is 1.00 bits per heavy atom. The Morgan fingerprint density at radius 1 is 1.00 bits per heavy atom. The van der Waals surface area contributed by atoms with Crippen LogP contribution in [0.1, 0.15) is 0 Å². The SMILES string of the molecule is C[NH+](C)C.C[O-]. The molecule has 2 nitrogen and oxygen atoms in total. The molecule has 0 bridgehead atoms. The van der Waals surface area contributed by atoms with Crippen LogP contribution in [-0.2, 0) is 0 Å². The third-order valence-electron chi connectivity index (χ3n) is 0. The lowest BCUT2D eigenvalue weighted by atomic mass is 11.0. The van der Waals surface area contributed by atoms with Crippen molar-refractivity contribution in [1.29, 1.82) is 0 Å². The highest BCUT2D eigenvalue weighted by Crippen LogP contribution is 0.864. The van der Waals surface area contributed by atoms with E-state index in [-0.39, 0.29) is 0 Å². The number of nitrogens with one attached hydrogen (secondary N) is 1. The summed E-state index contributed by atoms with van der Waals surface area (Å²) in [5, 5.41) is 8.25. The van der Waals surface area contributed by atoms with Crippen LogP contribution in [0.2, 0.25) is 0 Å². The standard InChI is InChI=1S/C3H9N.CH3O/c1-4(2)3;1-2/h1-3H3;1H3/q;-1/p+1. The van der Waals surface area contributed by atoms with Crippen LogP contribution in [0.15, 0.2) is 0 Å². The smallest absolute Gasteiger partial charge is 0.0661 e. The molecule has 0 amide bonds. The summed E-state index contributed by atoms with van der Waals surface area (Å²) < 4.78 is 0. The van der Waals surface area contributed by atoms with Crippen LogP contribution in [0, 0.1) is 0 Å². The van der Waals surface area contributed by atoms with Crippen molar-refractivity contribution in [2.75, 3.05) is 28.3 Å². The third-order valence-corrected chi connectivity index (χ3v) is 0. The first kappa shape index (κ1) is 9.33. The summed E-state index contributed by atoms with van der Waals surface area (Å²) in [5.74, 6) is 0. The first-order valence-electron chi connectivity index (χ1n) is 1.91. The molecule has 0 aromatic rings. The average Bonchev–Trinajstić information content (AvgIpc) is 1.41. The number of hydrogen-bond acceptors (Lipinski definition) is 1. The first-order valence-corrected chi connectivity index (χ1v) is 1.91. The van der Waals surface area contributed by atoms with Gasteiger partial charge in [0.05, 0.1) is 21.1 Å². The minimum Gasteiger partial charge on any atom is -0.857 e. The molecule has 40 valence electrons. The quantitative estimate of drug-likeness (QED) is 0.358. The second kappa shape index (κ2) is 8.87. The van der Waals surface area contributed by atoms with E-state index in [1.54, 1.807) is 0 Å². The van der Waals surface area contributed by atoms with Crippen LogP contribution in [0.3, 0.4) is 0 Å². The second-order valence-corrected chi connectivity index (χ2v) is 1.50. The predicted molar refractivity (Wildman–Crippen MR) is 24.7 cm³/mol. The van der Waals surface area contributed by atoms with Gasteiger partial charge in [-0.2, -0.15) is 7.11 Å². The molecule has 0 atom stereocenters. The summed E-state index contributed by atoms with van der Waals surface area (Å²) in [7, 11) is 7.00. The summed E-state index contributed by atoms with van der Waals surface area (Å²) in [6, 6.07) is 0. The third kappa shape index (κ3) is 5220. The maximum atomic E-state index is 8.25. The molecule has 0 rings (SSSR count). The zero-order valence-electron chi connectivity index (χ0n) is 4.91. The van der Waals surface area contributed by atoms with Gasteiger partial charge in [0.1, 0.15) is 0 Å². The molecule has 0 heterocycles. The number of hydrogen-bond donors (Lipinski definition) is 1. The molecule has 0 radical (unpaired) electrons. The zero-order valence-corrected chi connectivity index (χ0v) is 4.91. The minimum absolute atomic E-state index is 0.750. The molecule has 0 aliphatic carbocycles. The molecule has 0 fully saturated rings. The van der Waals surface area contributed by atoms with Crippen molar-refractivity contribution in [3.63, 3.8) is 0 Å². The molecular weight excluding hydrogens is 78.0 g/mol. The van der Waals surface area contributed by atoms with Crippen LogP contribution in [-0.4, -0.2) is 28.3 Å². The molecule has 6 heavy (non-hydrogen) atoms. The van der Waals surface area contributed by atoms with Crippen LogP contribution < -0.4 is 10.0 Å². The summed E-state index contributed by atoms with van der Waals surface area (Å²) in [5.41, 5.74) is 0. The van der Waals surface area contributed by atoms with Crippen molar-refractivity contribution in [1.82, 2.24) is 0 Å². The van der Waals surface area contributed by atoms with Crippen molar-refractivity contribution in [3.05, 3.63) is 0 Å². The van der Waals surface area contributed by atoms with E-state index in [0.717, 1.165) is 7.11 Å². The molecule has 0 aromatic heterocycles. The molecule has 0 saturated heterocycles. The maximum Gasteiger partial charge on any atom is 0.0661 e. The molecule has 1 N–H and O–H groups in total. The van der Waals surface area contributed by atoms with Gasteiger partial charge in [0.25, 0.3) is 0 Å². The second-order valence-electron chi connectivity index (χ2n) is 1.50. The predicted octanol–water partition coefficient (Wildman–Crippen LogP) is -2.26. The van der Waals surface area contributed by atoms with Gasteiger partial charge >= 0.3 is 0 Å². The average molecular weight is 91.2 g/mol. The van der Waals surface area contributed by atoms with Gasteiger partial charge in [-0.3, -0.25) is 0 Å². The van der Waals surface area contributed by atoms with Crippen molar-refractivity contribution in [3.8, 4) is 0 Å². The Bertz CT molecular complexity index is 12.3. The molecular formula is C4H13NO. The van der Waals surface area contributed by atoms with E-state index in [4.69, 9.17) is 5.11 Å². The topological polar surface area (TPSA) is 27.5 Å². The summed E-state index contributed by atoms with van der Waals surface area (Å²) in [6.45, 7) is 0. The highest BCUT2D eigenvalue weighted by molar-refractivity contribution is 3.59. The van der Waals surface area contributed by atoms with Crippen LogP contribution >= 0.6 is 0 Å². The molecule has 0 aliphatic rings. The highest BCUT2D eigenvalue weighted by atomic mass is 16.2. The Balaban J connectivity index is 0. The van der Waals surface area contributed by atoms with Crippen molar-refractivity contribution in [2.45, 2.75) is 0 Å². The first-order chi connectivity index (χ1) is 2.73. The largest absolute Gasteiger partial charge is 0.857 e. The minimum atomic E-state index is 0.750. The highest BCUT2D eigenvalue weighted by Gasteiger charge is 1.61. The van der Waals surface area contributed by atoms with Gasteiger partial charge in [-0.1, -0.05) is 0 Å². The molecule has 0 saturated carbocycles. The normalized spacial score (nSPS) is 7.00. The summed E-state index contributed by atoms with van der Waals surface area (Å²) in [4.78, 5) is 1.42. The lowest BCUT2D eigenvalue weighted by molar-refractivity contribution is -0.836. The van der Waals surface area contributed by atoms with Crippen LogP contribution in [0.25, 0.3) is 0 Å². The maximum absolute atomic E-state index is 8.25. The fourth-order valence-electron chi connectivity index (χ4n) is 0. The Kier molecular flexibility index (Phi) is 13.8. The van der Waals surface area contributed by atoms with E-state index in [0.29, 0.717) is 0 Å². The number of quaternary nitrogens is 1.